The molecule has 0 amide bonds. The molecule has 2 aromatic carbocycles. The fourth-order valence-electron chi connectivity index (χ4n) is 3.20. The zero-order valence-electron chi connectivity index (χ0n) is 18.0. The summed E-state index contributed by atoms with van der Waals surface area (Å²) < 4.78 is 5.78. The minimum atomic E-state index is -0.268. The Labute approximate surface area is 172 Å². The lowest BCUT2D eigenvalue weighted by Crippen LogP contribution is -2.13. The van der Waals surface area contributed by atoms with Gasteiger partial charge in [-0.2, -0.15) is 0 Å². The third-order valence-corrected chi connectivity index (χ3v) is 4.88. The van der Waals surface area contributed by atoms with Crippen molar-refractivity contribution in [1.82, 2.24) is 15.0 Å². The van der Waals surface area contributed by atoms with Gasteiger partial charge in [0.2, 0.25) is 0 Å². The minimum absolute atomic E-state index is 0.186. The van der Waals surface area contributed by atoms with Gasteiger partial charge in [-0.25, -0.2) is 0 Å². The highest BCUT2D eigenvalue weighted by molar-refractivity contribution is 5.76. The van der Waals surface area contributed by atoms with Crippen molar-refractivity contribution in [1.29, 1.82) is 0 Å². The van der Waals surface area contributed by atoms with Gasteiger partial charge in [-0.3, -0.25) is 4.79 Å². The number of carbonyl (C=O) groups excluding carboxylic acids is 1. The highest BCUT2D eigenvalue weighted by Crippen LogP contribution is 2.35. The smallest absolute Gasteiger partial charge is 0.310 e. The van der Waals surface area contributed by atoms with E-state index in [1.165, 1.54) is 0 Å². The van der Waals surface area contributed by atoms with E-state index in [2.05, 4.69) is 36.7 Å². The topological polar surface area (TPSA) is 57.0 Å². The van der Waals surface area contributed by atoms with Crippen molar-refractivity contribution < 1.29 is 9.53 Å². The Morgan fingerprint density at radius 2 is 1.90 bits per heavy atom. The molecule has 0 aliphatic heterocycles. The molecule has 0 spiro atoms. The van der Waals surface area contributed by atoms with Crippen molar-refractivity contribution in [3.05, 3.63) is 59.2 Å². The summed E-state index contributed by atoms with van der Waals surface area (Å²) in [5, 5.41) is 9.32. The van der Waals surface area contributed by atoms with Crippen molar-refractivity contribution >= 4 is 17.0 Å². The number of rotatable bonds is 7. The Kier molecular flexibility index (Phi) is 6.16. The number of nitrogens with zero attached hydrogens (tertiary/aromatic N) is 3. The zero-order chi connectivity index (χ0) is 21.1. The summed E-state index contributed by atoms with van der Waals surface area (Å²) in [5.41, 5.74) is 6.72. The molecule has 5 heteroatoms. The van der Waals surface area contributed by atoms with Crippen molar-refractivity contribution in [3.63, 3.8) is 0 Å². The second-order valence-electron chi connectivity index (χ2n) is 7.95. The number of carbonyl (C=O) groups is 1. The molecule has 0 fully saturated rings. The number of allylic oxidation sites excluding steroid dienone is 1. The van der Waals surface area contributed by atoms with Crippen LogP contribution >= 0.6 is 0 Å². The normalized spacial score (nSPS) is 11.2. The SMILES string of the molecule is C=C(C)CCc1cc(C(C)C)c(OC(=O)CC)c(-n2nc3ccc(C)cc3n2)c1. The van der Waals surface area contributed by atoms with Crippen molar-refractivity contribution in [2.24, 2.45) is 0 Å². The molecule has 0 aliphatic carbocycles. The third kappa shape index (κ3) is 4.73. The van der Waals surface area contributed by atoms with Gasteiger partial charge in [0.05, 0.1) is 0 Å². The highest BCUT2D eigenvalue weighted by Gasteiger charge is 2.20. The summed E-state index contributed by atoms with van der Waals surface area (Å²) in [6, 6.07) is 10.1. The Balaban J connectivity index is 2.20. The molecule has 0 saturated carbocycles. The van der Waals surface area contributed by atoms with E-state index in [9.17, 15) is 4.79 Å². The lowest BCUT2D eigenvalue weighted by atomic mass is 9.95. The van der Waals surface area contributed by atoms with Gasteiger partial charge in [0, 0.05) is 12.0 Å². The van der Waals surface area contributed by atoms with E-state index >= 15 is 0 Å². The first-order chi connectivity index (χ1) is 13.8. The van der Waals surface area contributed by atoms with Crippen LogP contribution in [0.3, 0.4) is 0 Å². The molecule has 0 atom stereocenters. The van der Waals surface area contributed by atoms with Crippen LogP contribution in [0.2, 0.25) is 0 Å². The molecule has 0 aliphatic rings. The summed E-state index contributed by atoms with van der Waals surface area (Å²) in [4.78, 5) is 13.8. The number of aryl methyl sites for hydroxylation is 2. The highest BCUT2D eigenvalue weighted by atomic mass is 16.5. The predicted octanol–water partition coefficient (Wildman–Crippen LogP) is 5.68. The van der Waals surface area contributed by atoms with Gasteiger partial charge in [0.1, 0.15) is 16.7 Å². The van der Waals surface area contributed by atoms with Crippen molar-refractivity contribution in [3.8, 4) is 11.4 Å². The summed E-state index contributed by atoms with van der Waals surface area (Å²) in [6.45, 7) is 14.1. The van der Waals surface area contributed by atoms with Crippen molar-refractivity contribution in [2.45, 2.75) is 59.8 Å². The number of aromatic nitrogens is 3. The largest absolute Gasteiger partial charge is 0.424 e. The number of ether oxygens (including phenoxy) is 1. The van der Waals surface area contributed by atoms with Gasteiger partial charge in [0.25, 0.3) is 0 Å². The molecule has 29 heavy (non-hydrogen) atoms. The molecule has 0 N–H and O–H groups in total. The maximum atomic E-state index is 12.2. The Morgan fingerprint density at radius 3 is 2.55 bits per heavy atom. The standard InChI is InChI=1S/C24H29N3O2/c1-7-23(28)29-24-19(16(4)5)13-18(10-8-15(2)3)14-22(24)27-25-20-11-9-17(6)12-21(20)26-27/h9,11-14,16H,2,7-8,10H2,1,3-6H3. The molecule has 0 bridgehead atoms. The Hall–Kier alpha value is -2.95. The van der Waals surface area contributed by atoms with Crippen LogP contribution in [-0.4, -0.2) is 21.0 Å². The van der Waals surface area contributed by atoms with Crippen LogP contribution in [0, 0.1) is 6.92 Å². The minimum Gasteiger partial charge on any atom is -0.424 e. The molecule has 0 unspecified atom stereocenters. The monoisotopic (exact) mass is 391 g/mol. The molecule has 1 aromatic heterocycles. The maximum Gasteiger partial charge on any atom is 0.310 e. The fourth-order valence-corrected chi connectivity index (χ4v) is 3.20. The number of fused-ring (bicyclic) bond motifs is 1. The van der Waals surface area contributed by atoms with Crippen LogP contribution in [0.5, 0.6) is 5.75 Å². The lowest BCUT2D eigenvalue weighted by molar-refractivity contribution is -0.134. The second-order valence-corrected chi connectivity index (χ2v) is 7.95. The van der Waals surface area contributed by atoms with Gasteiger partial charge in [-0.15, -0.1) is 21.6 Å². The van der Waals surface area contributed by atoms with Crippen LogP contribution in [0.1, 0.15) is 63.1 Å². The predicted molar refractivity (Wildman–Crippen MR) is 117 cm³/mol. The van der Waals surface area contributed by atoms with E-state index in [4.69, 9.17) is 4.74 Å². The average Bonchev–Trinajstić information content (AvgIpc) is 3.09. The number of hydrogen-bond donors (Lipinski definition) is 0. The molecule has 3 aromatic rings. The second kappa shape index (κ2) is 8.60. The van der Waals surface area contributed by atoms with Gasteiger partial charge in [0.15, 0.2) is 5.75 Å². The average molecular weight is 392 g/mol. The summed E-state index contributed by atoms with van der Waals surface area (Å²) in [7, 11) is 0. The lowest BCUT2D eigenvalue weighted by Gasteiger charge is -2.18. The quantitative estimate of drug-likeness (QED) is 0.295. The number of esters is 1. The fraction of sp³-hybridized carbons (Fsp3) is 0.375. The van der Waals surface area contributed by atoms with E-state index < -0.39 is 0 Å². The van der Waals surface area contributed by atoms with Gasteiger partial charge < -0.3 is 4.74 Å². The van der Waals surface area contributed by atoms with Crippen LogP contribution in [0.15, 0.2) is 42.5 Å². The Morgan fingerprint density at radius 1 is 1.17 bits per heavy atom. The molecular formula is C24H29N3O2. The van der Waals surface area contributed by atoms with Crippen LogP contribution in [-0.2, 0) is 11.2 Å². The molecule has 152 valence electrons. The summed E-state index contributed by atoms with van der Waals surface area (Å²) in [6.07, 6.45) is 2.07. The molecule has 3 rings (SSSR count). The van der Waals surface area contributed by atoms with E-state index in [1.54, 1.807) is 11.7 Å². The summed E-state index contributed by atoms with van der Waals surface area (Å²) >= 11 is 0. The van der Waals surface area contributed by atoms with E-state index in [-0.39, 0.29) is 11.9 Å². The van der Waals surface area contributed by atoms with Crippen LogP contribution in [0.25, 0.3) is 16.7 Å². The molecule has 5 nitrogen and oxygen atoms in total. The Bertz CT molecular complexity index is 1060. The summed E-state index contributed by atoms with van der Waals surface area (Å²) in [5.74, 6) is 0.462. The first-order valence-corrected chi connectivity index (χ1v) is 10.1. The molecule has 0 saturated heterocycles. The van der Waals surface area contributed by atoms with Gasteiger partial charge >= 0.3 is 5.97 Å². The first-order valence-electron chi connectivity index (χ1n) is 10.1. The molecular weight excluding hydrogens is 362 g/mol. The van der Waals surface area contributed by atoms with Gasteiger partial charge in [-0.05, 0) is 61.9 Å². The third-order valence-electron chi connectivity index (χ3n) is 4.88. The van der Waals surface area contributed by atoms with Crippen molar-refractivity contribution in [2.75, 3.05) is 0 Å². The van der Waals surface area contributed by atoms with Crippen LogP contribution in [0.4, 0.5) is 0 Å². The molecule has 1 heterocycles. The van der Waals surface area contributed by atoms with Gasteiger partial charge in [-0.1, -0.05) is 38.5 Å². The number of hydrogen-bond acceptors (Lipinski definition) is 4. The molecule has 0 radical (unpaired) electrons. The van der Waals surface area contributed by atoms with E-state index in [1.807, 2.05) is 38.1 Å². The van der Waals surface area contributed by atoms with Crippen LogP contribution < -0.4 is 4.74 Å². The maximum absolute atomic E-state index is 12.2. The zero-order valence-corrected chi connectivity index (χ0v) is 18.0. The van der Waals surface area contributed by atoms with E-state index in [0.29, 0.717) is 17.9 Å². The van der Waals surface area contributed by atoms with E-state index in [0.717, 1.165) is 46.1 Å². The first kappa shape index (κ1) is 20.8. The number of benzene rings is 2.